The van der Waals surface area contributed by atoms with Gasteiger partial charge in [0.05, 0.1) is 19.8 Å². The first-order chi connectivity index (χ1) is 9.98. The van der Waals surface area contributed by atoms with E-state index in [0.717, 1.165) is 4.31 Å². The summed E-state index contributed by atoms with van der Waals surface area (Å²) in [5.41, 5.74) is 0. The molecule has 1 fully saturated rings. The fourth-order valence-corrected chi connectivity index (χ4v) is 3.90. The zero-order valence-corrected chi connectivity index (χ0v) is 12.2. The van der Waals surface area contributed by atoms with E-state index in [1.165, 1.54) is 25.4 Å². The molecule has 6 nitrogen and oxygen atoms in total. The topological polar surface area (TPSA) is 68.7 Å². The zero-order chi connectivity index (χ0) is 15.5. The first-order valence-corrected chi connectivity index (χ1v) is 7.79. The summed E-state index contributed by atoms with van der Waals surface area (Å²) in [6.45, 7) is 0.0472. The van der Waals surface area contributed by atoms with E-state index in [0.29, 0.717) is 0 Å². The molecule has 0 aliphatic carbocycles. The second kappa shape index (κ2) is 6.63. The summed E-state index contributed by atoms with van der Waals surface area (Å²) < 4.78 is 62.4. The third-order valence-corrected chi connectivity index (χ3v) is 5.13. The maximum Gasteiger partial charge on any atom is 0.255 e. The summed E-state index contributed by atoms with van der Waals surface area (Å²) in [5.74, 6) is -0.115. The van der Waals surface area contributed by atoms with Crippen LogP contribution >= 0.6 is 0 Å². The Hall–Kier alpha value is -1.32. The van der Waals surface area contributed by atoms with Gasteiger partial charge in [-0.2, -0.15) is 4.31 Å². The Morgan fingerprint density at radius 2 is 2.24 bits per heavy atom. The molecule has 0 bridgehead atoms. The quantitative estimate of drug-likeness (QED) is 0.831. The van der Waals surface area contributed by atoms with Gasteiger partial charge < -0.3 is 9.47 Å². The van der Waals surface area contributed by atoms with E-state index >= 15 is 0 Å². The molecule has 0 radical (unpaired) electrons. The predicted octanol–water partition coefficient (Wildman–Crippen LogP) is 1.13. The number of hydrogen-bond acceptors (Lipinski definition) is 5. The summed E-state index contributed by atoms with van der Waals surface area (Å²) in [6.07, 6.45) is -1.47. The molecule has 1 saturated heterocycles. The maximum atomic E-state index is 13.2. The molecule has 2 rings (SSSR count). The Kier molecular flexibility index (Phi) is 5.07. The minimum absolute atomic E-state index is 0.0561. The summed E-state index contributed by atoms with van der Waals surface area (Å²) in [4.78, 5) is 3.58. The number of alkyl halides is 2. The summed E-state index contributed by atoms with van der Waals surface area (Å²) in [6, 6.07) is 1.29. The molecule has 1 aliphatic heterocycles. The average Bonchev–Trinajstić information content (AvgIpc) is 2.73. The van der Waals surface area contributed by atoms with Crippen LogP contribution in [0, 0.1) is 0 Å². The number of nitrogens with zero attached hydrogens (tertiary/aromatic N) is 2. The van der Waals surface area contributed by atoms with Gasteiger partial charge in [0.25, 0.3) is 6.43 Å². The lowest BCUT2D eigenvalue weighted by atomic mass is 10.2. The molecule has 9 heteroatoms. The lowest BCUT2D eigenvalue weighted by molar-refractivity contribution is 0.0617. The van der Waals surface area contributed by atoms with Gasteiger partial charge in [0.2, 0.25) is 15.9 Å². The molecule has 2 heterocycles. The highest BCUT2D eigenvalue weighted by Gasteiger charge is 2.39. The van der Waals surface area contributed by atoms with E-state index in [1.807, 2.05) is 0 Å². The maximum absolute atomic E-state index is 13.2. The lowest BCUT2D eigenvalue weighted by Crippen LogP contribution is -2.44. The molecule has 118 valence electrons. The van der Waals surface area contributed by atoms with Crippen molar-refractivity contribution in [1.29, 1.82) is 0 Å². The van der Waals surface area contributed by atoms with Gasteiger partial charge in [-0.15, -0.1) is 0 Å². The summed E-state index contributed by atoms with van der Waals surface area (Å²) in [7, 11) is -2.86. The first kappa shape index (κ1) is 16.1. The number of halogens is 2. The SMILES string of the molecule is COc1ncccc1S(=O)(=O)N1CCOCCC1C(F)F. The summed E-state index contributed by atoms with van der Waals surface area (Å²) >= 11 is 0. The van der Waals surface area contributed by atoms with E-state index < -0.39 is 22.5 Å². The van der Waals surface area contributed by atoms with Gasteiger partial charge in [-0.3, -0.25) is 0 Å². The van der Waals surface area contributed by atoms with Gasteiger partial charge in [0.1, 0.15) is 4.90 Å². The second-order valence-corrected chi connectivity index (χ2v) is 6.29. The molecule has 0 spiro atoms. The van der Waals surface area contributed by atoms with Gasteiger partial charge in [0.15, 0.2) is 0 Å². The molecule has 1 aromatic rings. The predicted molar refractivity (Wildman–Crippen MR) is 69.9 cm³/mol. The van der Waals surface area contributed by atoms with Crippen LogP contribution in [0.3, 0.4) is 0 Å². The van der Waals surface area contributed by atoms with Crippen molar-refractivity contribution in [3.63, 3.8) is 0 Å². The standard InChI is InChI=1S/C12H16F2N2O4S/c1-19-12-10(3-2-5-15-12)21(17,18)16-6-8-20-7-4-9(16)11(13)14/h2-3,5,9,11H,4,6-8H2,1H3. The molecule has 0 aromatic carbocycles. The largest absolute Gasteiger partial charge is 0.480 e. The average molecular weight is 322 g/mol. The van der Waals surface area contributed by atoms with E-state index in [2.05, 4.69) is 4.98 Å². The van der Waals surface area contributed by atoms with Gasteiger partial charge >= 0.3 is 0 Å². The van der Waals surface area contributed by atoms with Crippen molar-refractivity contribution in [2.75, 3.05) is 26.9 Å². The van der Waals surface area contributed by atoms with Crippen LogP contribution in [0.2, 0.25) is 0 Å². The highest BCUT2D eigenvalue weighted by molar-refractivity contribution is 7.89. The van der Waals surface area contributed by atoms with Crippen LogP contribution in [0.4, 0.5) is 8.78 Å². The fourth-order valence-electron chi connectivity index (χ4n) is 2.17. The Morgan fingerprint density at radius 1 is 1.48 bits per heavy atom. The Morgan fingerprint density at radius 3 is 2.90 bits per heavy atom. The van der Waals surface area contributed by atoms with Crippen molar-refractivity contribution in [3.05, 3.63) is 18.3 Å². The van der Waals surface area contributed by atoms with Crippen molar-refractivity contribution in [2.45, 2.75) is 23.8 Å². The number of sulfonamides is 1. The number of pyridine rings is 1. The molecule has 1 aliphatic rings. The Labute approximate surface area is 121 Å². The van der Waals surface area contributed by atoms with Crippen molar-refractivity contribution in [3.8, 4) is 5.88 Å². The Balaban J connectivity index is 2.44. The van der Waals surface area contributed by atoms with Crippen LogP contribution in [0.25, 0.3) is 0 Å². The molecule has 1 atom stereocenters. The van der Waals surface area contributed by atoms with Crippen molar-refractivity contribution >= 4 is 10.0 Å². The monoisotopic (exact) mass is 322 g/mol. The molecule has 21 heavy (non-hydrogen) atoms. The molecular weight excluding hydrogens is 306 g/mol. The molecule has 0 saturated carbocycles. The normalized spacial score (nSPS) is 21.2. The Bertz CT molecular complexity index is 582. The van der Waals surface area contributed by atoms with E-state index in [4.69, 9.17) is 9.47 Å². The second-order valence-electron chi connectivity index (χ2n) is 4.43. The number of hydrogen-bond donors (Lipinski definition) is 0. The first-order valence-electron chi connectivity index (χ1n) is 6.35. The number of aromatic nitrogens is 1. The highest BCUT2D eigenvalue weighted by Crippen LogP contribution is 2.28. The van der Waals surface area contributed by atoms with Gasteiger partial charge in [-0.05, 0) is 18.6 Å². The molecule has 0 amide bonds. The van der Waals surface area contributed by atoms with Crippen molar-refractivity contribution in [1.82, 2.24) is 9.29 Å². The van der Waals surface area contributed by atoms with Crippen LogP contribution in [-0.4, -0.2) is 57.0 Å². The van der Waals surface area contributed by atoms with Crippen LogP contribution in [-0.2, 0) is 14.8 Å². The summed E-state index contributed by atoms with van der Waals surface area (Å²) in [5, 5.41) is 0. The molecule has 1 unspecified atom stereocenters. The van der Waals surface area contributed by atoms with Crippen LogP contribution in [0.15, 0.2) is 23.2 Å². The molecule has 0 N–H and O–H groups in total. The zero-order valence-electron chi connectivity index (χ0n) is 11.4. The minimum Gasteiger partial charge on any atom is -0.480 e. The van der Waals surface area contributed by atoms with E-state index in [1.54, 1.807) is 0 Å². The number of methoxy groups -OCH3 is 1. The van der Waals surface area contributed by atoms with Crippen molar-refractivity contribution in [2.24, 2.45) is 0 Å². The van der Waals surface area contributed by atoms with Gasteiger partial charge in [0, 0.05) is 19.3 Å². The smallest absolute Gasteiger partial charge is 0.255 e. The third kappa shape index (κ3) is 3.30. The minimum atomic E-state index is -4.14. The molecular formula is C12H16F2N2O4S. The third-order valence-electron chi connectivity index (χ3n) is 3.19. The lowest BCUT2D eigenvalue weighted by Gasteiger charge is -2.28. The highest BCUT2D eigenvalue weighted by atomic mass is 32.2. The van der Waals surface area contributed by atoms with Crippen LogP contribution < -0.4 is 4.74 Å². The van der Waals surface area contributed by atoms with E-state index in [9.17, 15) is 17.2 Å². The van der Waals surface area contributed by atoms with Gasteiger partial charge in [-0.1, -0.05) is 0 Å². The number of rotatable bonds is 4. The van der Waals surface area contributed by atoms with E-state index in [-0.39, 0.29) is 37.0 Å². The molecule has 1 aromatic heterocycles. The van der Waals surface area contributed by atoms with Crippen molar-refractivity contribution < 1.29 is 26.7 Å². The van der Waals surface area contributed by atoms with Crippen LogP contribution in [0.5, 0.6) is 5.88 Å². The van der Waals surface area contributed by atoms with Gasteiger partial charge in [-0.25, -0.2) is 22.2 Å². The number of ether oxygens (including phenoxy) is 2. The van der Waals surface area contributed by atoms with Crippen LogP contribution in [0.1, 0.15) is 6.42 Å². The fraction of sp³-hybridized carbons (Fsp3) is 0.583.